The standard InChI is InChI=1S/C30H50O/c1-3-5-7-8-24-31-30-22-16-27(17-23-30)11-10-26-14-20-29(21-15-26)28-18-12-25(13-19-28)9-6-4-2/h16-17,22-23,25-26,28-29H,3-15,18-21,24H2,1-2H3. The molecule has 31 heavy (non-hydrogen) atoms. The summed E-state index contributed by atoms with van der Waals surface area (Å²) in [5.74, 6) is 5.19. The number of hydrogen-bond acceptors (Lipinski definition) is 1. The molecule has 0 unspecified atom stereocenters. The van der Waals surface area contributed by atoms with Gasteiger partial charge in [0.25, 0.3) is 0 Å². The van der Waals surface area contributed by atoms with Crippen molar-refractivity contribution >= 4 is 0 Å². The van der Waals surface area contributed by atoms with Crippen LogP contribution in [0.15, 0.2) is 24.3 Å². The Bertz CT molecular complexity index is 561. The summed E-state index contributed by atoms with van der Waals surface area (Å²) < 4.78 is 5.90. The third-order valence-corrected chi connectivity index (χ3v) is 8.45. The average molecular weight is 427 g/mol. The molecule has 1 nitrogen and oxygen atoms in total. The Morgan fingerprint density at radius 1 is 0.645 bits per heavy atom. The number of rotatable bonds is 13. The molecule has 3 rings (SSSR count). The fourth-order valence-corrected chi connectivity index (χ4v) is 6.23. The van der Waals surface area contributed by atoms with Crippen molar-refractivity contribution in [2.24, 2.45) is 23.7 Å². The second kappa shape index (κ2) is 14.2. The molecular formula is C30H50O. The van der Waals surface area contributed by atoms with E-state index in [0.717, 1.165) is 36.0 Å². The van der Waals surface area contributed by atoms with Crippen LogP contribution in [0.1, 0.15) is 122 Å². The number of hydrogen-bond donors (Lipinski definition) is 0. The molecule has 0 spiro atoms. The SMILES string of the molecule is CCCCCCOc1ccc(CCC2CCC(C3CCC(CCCC)CC3)CC2)cc1. The summed E-state index contributed by atoms with van der Waals surface area (Å²) in [5, 5.41) is 0. The lowest BCUT2D eigenvalue weighted by Crippen LogP contribution is -2.26. The molecular weight excluding hydrogens is 376 g/mol. The second-order valence-corrected chi connectivity index (χ2v) is 10.8. The zero-order valence-electron chi connectivity index (χ0n) is 20.8. The Morgan fingerprint density at radius 2 is 1.23 bits per heavy atom. The quantitative estimate of drug-likeness (QED) is 0.285. The van der Waals surface area contributed by atoms with Gasteiger partial charge in [-0.3, -0.25) is 0 Å². The van der Waals surface area contributed by atoms with E-state index in [4.69, 9.17) is 4.74 Å². The van der Waals surface area contributed by atoms with Crippen LogP contribution in [0.25, 0.3) is 0 Å². The van der Waals surface area contributed by atoms with Gasteiger partial charge < -0.3 is 4.74 Å². The third kappa shape index (κ3) is 8.82. The zero-order chi connectivity index (χ0) is 21.7. The monoisotopic (exact) mass is 426 g/mol. The first-order valence-corrected chi connectivity index (χ1v) is 14.0. The molecule has 0 N–H and O–H groups in total. The second-order valence-electron chi connectivity index (χ2n) is 10.8. The molecule has 2 aliphatic carbocycles. The lowest BCUT2D eigenvalue weighted by molar-refractivity contribution is 0.140. The molecule has 0 saturated heterocycles. The molecule has 0 radical (unpaired) electrons. The molecule has 0 bridgehead atoms. The van der Waals surface area contributed by atoms with Crippen LogP contribution in [0.5, 0.6) is 5.75 Å². The smallest absolute Gasteiger partial charge is 0.119 e. The van der Waals surface area contributed by atoms with Crippen LogP contribution in [-0.4, -0.2) is 6.61 Å². The summed E-state index contributed by atoms with van der Waals surface area (Å²) in [6.45, 7) is 5.46. The first-order chi connectivity index (χ1) is 15.3. The Hall–Kier alpha value is -0.980. The summed E-state index contributed by atoms with van der Waals surface area (Å²) in [7, 11) is 0. The highest BCUT2D eigenvalue weighted by atomic mass is 16.5. The molecule has 1 aromatic rings. The molecule has 1 heteroatoms. The average Bonchev–Trinajstić information content (AvgIpc) is 2.83. The van der Waals surface area contributed by atoms with Crippen LogP contribution < -0.4 is 4.74 Å². The molecule has 2 fully saturated rings. The number of unbranched alkanes of at least 4 members (excludes halogenated alkanes) is 4. The molecule has 0 heterocycles. The highest BCUT2D eigenvalue weighted by molar-refractivity contribution is 5.27. The summed E-state index contributed by atoms with van der Waals surface area (Å²) >= 11 is 0. The predicted molar refractivity (Wildman–Crippen MR) is 135 cm³/mol. The van der Waals surface area contributed by atoms with Crippen LogP contribution in [0.2, 0.25) is 0 Å². The summed E-state index contributed by atoms with van der Waals surface area (Å²) in [5.41, 5.74) is 1.49. The van der Waals surface area contributed by atoms with Gasteiger partial charge in [-0.25, -0.2) is 0 Å². The van der Waals surface area contributed by atoms with E-state index < -0.39 is 0 Å². The minimum Gasteiger partial charge on any atom is -0.494 e. The van der Waals surface area contributed by atoms with E-state index in [1.54, 1.807) is 0 Å². The van der Waals surface area contributed by atoms with E-state index >= 15 is 0 Å². The molecule has 0 aromatic heterocycles. The Morgan fingerprint density at radius 3 is 1.81 bits per heavy atom. The van der Waals surface area contributed by atoms with E-state index in [-0.39, 0.29) is 0 Å². The van der Waals surface area contributed by atoms with E-state index in [0.29, 0.717) is 0 Å². The van der Waals surface area contributed by atoms with E-state index in [2.05, 4.69) is 38.1 Å². The fraction of sp³-hybridized carbons (Fsp3) is 0.800. The largest absolute Gasteiger partial charge is 0.494 e. The van der Waals surface area contributed by atoms with Crippen LogP contribution in [0.3, 0.4) is 0 Å². The van der Waals surface area contributed by atoms with Crippen molar-refractivity contribution < 1.29 is 4.74 Å². The minimum absolute atomic E-state index is 0.864. The topological polar surface area (TPSA) is 9.23 Å². The van der Waals surface area contributed by atoms with Crippen LogP contribution in [-0.2, 0) is 6.42 Å². The van der Waals surface area contributed by atoms with Gasteiger partial charge in [-0.05, 0) is 86.3 Å². The van der Waals surface area contributed by atoms with Gasteiger partial charge in [-0.15, -0.1) is 0 Å². The minimum atomic E-state index is 0.864. The van der Waals surface area contributed by atoms with E-state index in [1.165, 1.54) is 115 Å². The highest BCUT2D eigenvalue weighted by Gasteiger charge is 2.30. The Balaban J connectivity index is 1.28. The van der Waals surface area contributed by atoms with Crippen molar-refractivity contribution in [3.63, 3.8) is 0 Å². The summed E-state index contributed by atoms with van der Waals surface area (Å²) in [4.78, 5) is 0. The van der Waals surface area contributed by atoms with Gasteiger partial charge in [0.05, 0.1) is 6.61 Å². The normalized spacial score (nSPS) is 26.6. The van der Waals surface area contributed by atoms with Crippen LogP contribution in [0, 0.1) is 23.7 Å². The Kier molecular flexibility index (Phi) is 11.3. The van der Waals surface area contributed by atoms with Gasteiger partial charge in [0.2, 0.25) is 0 Å². The predicted octanol–water partition coefficient (Wildman–Crippen LogP) is 9.38. The van der Waals surface area contributed by atoms with Crippen molar-refractivity contribution in [2.45, 2.75) is 123 Å². The van der Waals surface area contributed by atoms with E-state index in [9.17, 15) is 0 Å². The maximum Gasteiger partial charge on any atom is 0.119 e. The van der Waals surface area contributed by atoms with Gasteiger partial charge in [0.15, 0.2) is 0 Å². The molecule has 1 aromatic carbocycles. The van der Waals surface area contributed by atoms with Crippen LogP contribution in [0.4, 0.5) is 0 Å². The van der Waals surface area contributed by atoms with Crippen molar-refractivity contribution in [3.8, 4) is 5.75 Å². The first kappa shape index (κ1) is 24.7. The number of benzene rings is 1. The highest BCUT2D eigenvalue weighted by Crippen LogP contribution is 2.43. The number of aryl methyl sites for hydroxylation is 1. The maximum absolute atomic E-state index is 5.90. The lowest BCUT2D eigenvalue weighted by atomic mass is 9.68. The van der Waals surface area contributed by atoms with Gasteiger partial charge in [-0.1, -0.05) is 90.2 Å². The van der Waals surface area contributed by atoms with Gasteiger partial charge in [0.1, 0.15) is 5.75 Å². The first-order valence-electron chi connectivity index (χ1n) is 14.0. The maximum atomic E-state index is 5.90. The Labute approximate surface area is 193 Å². The lowest BCUT2D eigenvalue weighted by Gasteiger charge is -2.38. The van der Waals surface area contributed by atoms with Gasteiger partial charge in [0, 0.05) is 0 Å². The van der Waals surface area contributed by atoms with Gasteiger partial charge in [-0.2, -0.15) is 0 Å². The zero-order valence-corrected chi connectivity index (χ0v) is 20.8. The molecule has 176 valence electrons. The van der Waals surface area contributed by atoms with Gasteiger partial charge >= 0.3 is 0 Å². The molecule has 2 aliphatic rings. The van der Waals surface area contributed by atoms with Crippen molar-refractivity contribution in [1.29, 1.82) is 0 Å². The van der Waals surface area contributed by atoms with Crippen LogP contribution >= 0.6 is 0 Å². The summed E-state index contributed by atoms with van der Waals surface area (Å²) in [6.07, 6.45) is 24.2. The molecule has 0 amide bonds. The number of ether oxygens (including phenoxy) is 1. The summed E-state index contributed by atoms with van der Waals surface area (Å²) in [6, 6.07) is 8.96. The third-order valence-electron chi connectivity index (χ3n) is 8.45. The van der Waals surface area contributed by atoms with Crippen molar-refractivity contribution in [2.75, 3.05) is 6.61 Å². The molecule has 2 saturated carbocycles. The molecule has 0 aliphatic heterocycles. The fourth-order valence-electron chi connectivity index (χ4n) is 6.23. The van der Waals surface area contributed by atoms with E-state index in [1.807, 2.05) is 0 Å². The van der Waals surface area contributed by atoms with Crippen molar-refractivity contribution in [3.05, 3.63) is 29.8 Å². The molecule has 0 atom stereocenters. The van der Waals surface area contributed by atoms with Crippen molar-refractivity contribution in [1.82, 2.24) is 0 Å².